The van der Waals surface area contributed by atoms with E-state index in [1.165, 1.54) is 7.11 Å². The first-order chi connectivity index (χ1) is 11.7. The van der Waals surface area contributed by atoms with Crippen molar-refractivity contribution in [3.8, 4) is 5.75 Å². The maximum atomic E-state index is 12.5. The van der Waals surface area contributed by atoms with Gasteiger partial charge in [-0.1, -0.05) is 20.8 Å². The second kappa shape index (κ2) is 7.87. The predicted octanol–water partition coefficient (Wildman–Crippen LogP) is 2.22. The van der Waals surface area contributed by atoms with E-state index in [1.807, 2.05) is 25.7 Å². The van der Waals surface area contributed by atoms with Gasteiger partial charge >= 0.3 is 5.97 Å². The lowest BCUT2D eigenvalue weighted by atomic mass is 9.86. The molecule has 1 aromatic carbocycles. The Balaban J connectivity index is 1.86. The number of likely N-dealkylation sites (tertiary alicyclic amines) is 1. The van der Waals surface area contributed by atoms with Gasteiger partial charge in [-0.25, -0.2) is 4.79 Å². The molecule has 6 heteroatoms. The van der Waals surface area contributed by atoms with Gasteiger partial charge in [0.15, 0.2) is 0 Å². The Morgan fingerprint density at radius 1 is 1.16 bits per heavy atom. The first kappa shape index (κ1) is 19.2. The van der Waals surface area contributed by atoms with Crippen molar-refractivity contribution in [2.75, 3.05) is 20.2 Å². The number of nitrogens with two attached hydrogens (primary N) is 1. The number of hydrogen-bond donors (Lipinski definition) is 1. The summed E-state index contributed by atoms with van der Waals surface area (Å²) in [6.07, 6.45) is 1.58. The van der Waals surface area contributed by atoms with Gasteiger partial charge in [0.25, 0.3) is 0 Å². The van der Waals surface area contributed by atoms with E-state index >= 15 is 0 Å². The van der Waals surface area contributed by atoms with E-state index in [2.05, 4.69) is 4.74 Å². The third-order valence-corrected chi connectivity index (χ3v) is 4.53. The van der Waals surface area contributed by atoms with Crippen molar-refractivity contribution < 1.29 is 19.1 Å². The Hall–Kier alpha value is -2.08. The van der Waals surface area contributed by atoms with Crippen molar-refractivity contribution in [3.05, 3.63) is 29.8 Å². The fourth-order valence-electron chi connectivity index (χ4n) is 2.74. The molecule has 0 aromatic heterocycles. The highest BCUT2D eigenvalue weighted by Gasteiger charge is 2.33. The Labute approximate surface area is 149 Å². The molecule has 2 rings (SSSR count). The molecular formula is C19H28N2O4. The number of carbonyl (C=O) groups excluding carboxylic acids is 2. The molecule has 1 aromatic rings. The number of ether oxygens (including phenoxy) is 2. The van der Waals surface area contributed by atoms with Crippen LogP contribution in [-0.2, 0) is 9.53 Å². The third-order valence-electron chi connectivity index (χ3n) is 4.53. The zero-order chi connectivity index (χ0) is 18.6. The van der Waals surface area contributed by atoms with Gasteiger partial charge in [0.1, 0.15) is 11.9 Å². The number of hydrogen-bond acceptors (Lipinski definition) is 5. The summed E-state index contributed by atoms with van der Waals surface area (Å²) in [4.78, 5) is 25.7. The quantitative estimate of drug-likeness (QED) is 0.844. The number of esters is 1. The van der Waals surface area contributed by atoms with Crippen molar-refractivity contribution in [2.24, 2.45) is 11.1 Å². The average Bonchev–Trinajstić information content (AvgIpc) is 2.60. The van der Waals surface area contributed by atoms with Gasteiger partial charge in [0.2, 0.25) is 5.91 Å². The highest BCUT2D eigenvalue weighted by molar-refractivity contribution is 5.89. The number of amides is 1. The fraction of sp³-hybridized carbons (Fsp3) is 0.579. The Morgan fingerprint density at radius 3 is 2.20 bits per heavy atom. The van der Waals surface area contributed by atoms with E-state index in [4.69, 9.17) is 10.5 Å². The van der Waals surface area contributed by atoms with Gasteiger partial charge < -0.3 is 20.1 Å². The van der Waals surface area contributed by atoms with E-state index in [9.17, 15) is 9.59 Å². The lowest BCUT2D eigenvalue weighted by Gasteiger charge is -2.36. The second-order valence-corrected chi connectivity index (χ2v) is 7.50. The summed E-state index contributed by atoms with van der Waals surface area (Å²) in [5.74, 6) is 0.353. The van der Waals surface area contributed by atoms with E-state index in [0.29, 0.717) is 24.4 Å². The third kappa shape index (κ3) is 4.95. The standard InChI is InChI=1S/C19H28N2O4/c1-19(2,3)16(20)17(22)21-11-9-15(10-12-21)25-14-7-5-13(6-8-14)18(23)24-4/h5-8,15-16H,9-12,20H2,1-4H3. The van der Waals surface area contributed by atoms with E-state index in [0.717, 1.165) is 12.8 Å². The molecule has 25 heavy (non-hydrogen) atoms. The maximum Gasteiger partial charge on any atom is 0.337 e. The van der Waals surface area contributed by atoms with E-state index in [1.54, 1.807) is 24.3 Å². The summed E-state index contributed by atoms with van der Waals surface area (Å²) in [6.45, 7) is 7.22. The van der Waals surface area contributed by atoms with Crippen LogP contribution in [0.4, 0.5) is 0 Å². The first-order valence-corrected chi connectivity index (χ1v) is 8.62. The lowest BCUT2D eigenvalue weighted by Crippen LogP contribution is -2.53. The van der Waals surface area contributed by atoms with Gasteiger partial charge in [-0.05, 0) is 29.7 Å². The molecule has 1 unspecified atom stereocenters. The number of nitrogens with zero attached hydrogens (tertiary/aromatic N) is 1. The van der Waals surface area contributed by atoms with Crippen LogP contribution in [0.3, 0.4) is 0 Å². The molecular weight excluding hydrogens is 320 g/mol. The summed E-state index contributed by atoms with van der Waals surface area (Å²) in [5, 5.41) is 0. The van der Waals surface area contributed by atoms with Crippen LogP contribution in [0.15, 0.2) is 24.3 Å². The van der Waals surface area contributed by atoms with Gasteiger partial charge in [-0.15, -0.1) is 0 Å². The van der Waals surface area contributed by atoms with Crippen LogP contribution in [0, 0.1) is 5.41 Å². The molecule has 138 valence electrons. The van der Waals surface area contributed by atoms with E-state index < -0.39 is 6.04 Å². The van der Waals surface area contributed by atoms with Crippen LogP contribution in [0.5, 0.6) is 5.75 Å². The van der Waals surface area contributed by atoms with Gasteiger partial charge in [0, 0.05) is 25.9 Å². The molecule has 1 aliphatic heterocycles. The summed E-state index contributed by atoms with van der Waals surface area (Å²) < 4.78 is 10.6. The van der Waals surface area contributed by atoms with Crippen molar-refractivity contribution >= 4 is 11.9 Å². The zero-order valence-electron chi connectivity index (χ0n) is 15.5. The Bertz CT molecular complexity index is 599. The average molecular weight is 348 g/mol. The number of piperidine rings is 1. The summed E-state index contributed by atoms with van der Waals surface area (Å²) >= 11 is 0. The highest BCUT2D eigenvalue weighted by atomic mass is 16.5. The van der Waals surface area contributed by atoms with Crippen LogP contribution in [-0.4, -0.2) is 49.1 Å². The normalized spacial score (nSPS) is 17.1. The molecule has 0 spiro atoms. The van der Waals surface area contributed by atoms with Crippen molar-refractivity contribution in [3.63, 3.8) is 0 Å². The molecule has 6 nitrogen and oxygen atoms in total. The molecule has 0 saturated carbocycles. The molecule has 1 fully saturated rings. The number of carbonyl (C=O) groups is 2. The minimum Gasteiger partial charge on any atom is -0.490 e. The molecule has 0 radical (unpaired) electrons. The van der Waals surface area contributed by atoms with E-state index in [-0.39, 0.29) is 23.4 Å². The highest BCUT2D eigenvalue weighted by Crippen LogP contribution is 2.23. The molecule has 1 heterocycles. The van der Waals surface area contributed by atoms with Crippen LogP contribution in [0.1, 0.15) is 44.0 Å². The number of methoxy groups -OCH3 is 1. The lowest BCUT2D eigenvalue weighted by molar-refractivity contribution is -0.136. The van der Waals surface area contributed by atoms with Crippen LogP contribution < -0.4 is 10.5 Å². The number of benzene rings is 1. The molecule has 0 bridgehead atoms. The topological polar surface area (TPSA) is 81.9 Å². The summed E-state index contributed by atoms with van der Waals surface area (Å²) in [6, 6.07) is 6.40. The molecule has 1 atom stereocenters. The minimum atomic E-state index is -0.490. The fourth-order valence-corrected chi connectivity index (χ4v) is 2.74. The van der Waals surface area contributed by atoms with Crippen LogP contribution >= 0.6 is 0 Å². The van der Waals surface area contributed by atoms with Crippen molar-refractivity contribution in [2.45, 2.75) is 45.8 Å². The monoisotopic (exact) mass is 348 g/mol. The van der Waals surface area contributed by atoms with Crippen molar-refractivity contribution in [1.29, 1.82) is 0 Å². The second-order valence-electron chi connectivity index (χ2n) is 7.50. The van der Waals surface area contributed by atoms with Gasteiger partial charge in [-0.2, -0.15) is 0 Å². The summed E-state index contributed by atoms with van der Waals surface area (Å²) in [5.41, 5.74) is 6.32. The smallest absolute Gasteiger partial charge is 0.337 e. The predicted molar refractivity (Wildman–Crippen MR) is 95.4 cm³/mol. The molecule has 2 N–H and O–H groups in total. The molecule has 0 aliphatic carbocycles. The molecule has 1 amide bonds. The van der Waals surface area contributed by atoms with Gasteiger partial charge in [-0.3, -0.25) is 4.79 Å². The largest absolute Gasteiger partial charge is 0.490 e. The maximum absolute atomic E-state index is 12.5. The van der Waals surface area contributed by atoms with Crippen molar-refractivity contribution in [1.82, 2.24) is 4.90 Å². The number of rotatable bonds is 4. The zero-order valence-corrected chi connectivity index (χ0v) is 15.5. The SMILES string of the molecule is COC(=O)c1ccc(OC2CCN(C(=O)C(N)C(C)(C)C)CC2)cc1. The first-order valence-electron chi connectivity index (χ1n) is 8.62. The summed E-state index contributed by atoms with van der Waals surface area (Å²) in [7, 11) is 1.35. The molecule has 1 saturated heterocycles. The molecule has 1 aliphatic rings. The Kier molecular flexibility index (Phi) is 6.06. The van der Waals surface area contributed by atoms with Crippen LogP contribution in [0.25, 0.3) is 0 Å². The minimum absolute atomic E-state index is 0.00776. The van der Waals surface area contributed by atoms with Gasteiger partial charge in [0.05, 0.1) is 18.7 Å². The Morgan fingerprint density at radius 2 is 1.72 bits per heavy atom. The van der Waals surface area contributed by atoms with Crippen LogP contribution in [0.2, 0.25) is 0 Å².